The molecule has 0 radical (unpaired) electrons. The van der Waals surface area contributed by atoms with Gasteiger partial charge < -0.3 is 9.30 Å². The van der Waals surface area contributed by atoms with E-state index in [2.05, 4.69) is 21.8 Å². The Kier molecular flexibility index (Phi) is 5.86. The van der Waals surface area contributed by atoms with Crippen LogP contribution in [0, 0.1) is 0 Å². The minimum Gasteiger partial charge on any atom is -0.465 e. The maximum absolute atomic E-state index is 12.1. The van der Waals surface area contributed by atoms with E-state index in [1.807, 2.05) is 56.3 Å². The number of para-hydroxylation sites is 2. The number of imidazole rings is 1. The molecule has 0 aliphatic carbocycles. The lowest BCUT2D eigenvalue weighted by Crippen LogP contribution is -2.29. The van der Waals surface area contributed by atoms with Crippen molar-refractivity contribution in [2.24, 2.45) is 5.10 Å². The number of anilines is 1. The zero-order valence-corrected chi connectivity index (χ0v) is 15.9. The van der Waals surface area contributed by atoms with Crippen LogP contribution in [0.5, 0.6) is 0 Å². The first-order valence-corrected chi connectivity index (χ1v) is 9.02. The molecule has 0 saturated carbocycles. The summed E-state index contributed by atoms with van der Waals surface area (Å²) in [5.74, 6) is 0.287. The third kappa shape index (κ3) is 4.53. The molecular formula is C21H24N4O2. The summed E-state index contributed by atoms with van der Waals surface area (Å²) in [6, 6.07) is 18.1. The number of carbonyl (C=O) groups excluding carboxylic acids is 1. The van der Waals surface area contributed by atoms with Gasteiger partial charge in [0.2, 0.25) is 5.95 Å². The van der Waals surface area contributed by atoms with Gasteiger partial charge in [0.1, 0.15) is 6.54 Å². The van der Waals surface area contributed by atoms with Crippen LogP contribution in [0.25, 0.3) is 11.0 Å². The first kappa shape index (κ1) is 18.6. The standard InChI is InChI=1S/C21H24N4O2/c1-4-27-20(26)15-25(23-16(2)3)21-22-18-12-8-9-13-19(18)24(21)14-17-10-6-5-7-11-17/h5-13H,4,14-15H2,1-3H3. The molecule has 6 heteroatoms. The molecule has 0 aliphatic heterocycles. The zero-order valence-electron chi connectivity index (χ0n) is 15.9. The Balaban J connectivity index is 2.08. The molecule has 0 N–H and O–H groups in total. The normalized spacial score (nSPS) is 10.6. The van der Waals surface area contributed by atoms with Crippen LogP contribution < -0.4 is 5.01 Å². The third-order valence-corrected chi connectivity index (χ3v) is 3.95. The maximum atomic E-state index is 12.1. The summed E-state index contributed by atoms with van der Waals surface area (Å²) < 4.78 is 7.20. The second-order valence-corrected chi connectivity index (χ2v) is 6.38. The number of carbonyl (C=O) groups is 1. The Morgan fingerprint density at radius 2 is 1.81 bits per heavy atom. The molecule has 0 saturated heterocycles. The lowest BCUT2D eigenvalue weighted by molar-refractivity contribution is -0.141. The number of nitrogens with zero attached hydrogens (tertiary/aromatic N) is 4. The fourth-order valence-corrected chi connectivity index (χ4v) is 2.90. The van der Waals surface area contributed by atoms with Crippen molar-refractivity contribution in [3.8, 4) is 0 Å². The Morgan fingerprint density at radius 1 is 1.11 bits per heavy atom. The summed E-state index contributed by atoms with van der Waals surface area (Å²) in [7, 11) is 0. The first-order chi connectivity index (χ1) is 13.1. The molecule has 0 spiro atoms. The van der Waals surface area contributed by atoms with Crippen LogP contribution >= 0.6 is 0 Å². The van der Waals surface area contributed by atoms with Gasteiger partial charge in [-0.2, -0.15) is 5.10 Å². The third-order valence-electron chi connectivity index (χ3n) is 3.95. The molecule has 3 rings (SSSR count). The highest BCUT2D eigenvalue weighted by molar-refractivity contribution is 5.84. The number of hydrazone groups is 1. The van der Waals surface area contributed by atoms with Gasteiger partial charge in [0.15, 0.2) is 0 Å². The summed E-state index contributed by atoms with van der Waals surface area (Å²) in [6.07, 6.45) is 0. The van der Waals surface area contributed by atoms with Gasteiger partial charge in [-0.3, -0.25) is 4.79 Å². The van der Waals surface area contributed by atoms with E-state index in [1.165, 1.54) is 0 Å². The fraction of sp³-hybridized carbons (Fsp3) is 0.286. The predicted octanol–water partition coefficient (Wildman–Crippen LogP) is 3.85. The summed E-state index contributed by atoms with van der Waals surface area (Å²) in [6.45, 7) is 6.55. The van der Waals surface area contributed by atoms with Crippen LogP contribution in [-0.2, 0) is 16.1 Å². The number of hydrogen-bond acceptors (Lipinski definition) is 5. The number of ether oxygens (including phenoxy) is 1. The van der Waals surface area contributed by atoms with Crippen molar-refractivity contribution < 1.29 is 9.53 Å². The van der Waals surface area contributed by atoms with Crippen LogP contribution in [0.15, 0.2) is 59.7 Å². The van der Waals surface area contributed by atoms with E-state index in [1.54, 1.807) is 11.9 Å². The van der Waals surface area contributed by atoms with Gasteiger partial charge in [-0.1, -0.05) is 42.5 Å². The highest BCUT2D eigenvalue weighted by Gasteiger charge is 2.20. The number of rotatable bonds is 7. The second-order valence-electron chi connectivity index (χ2n) is 6.38. The average molecular weight is 364 g/mol. The molecule has 0 aliphatic rings. The number of benzene rings is 2. The predicted molar refractivity (Wildman–Crippen MR) is 108 cm³/mol. The molecule has 1 heterocycles. The number of fused-ring (bicyclic) bond motifs is 1. The van der Waals surface area contributed by atoms with Crippen molar-refractivity contribution >= 4 is 28.7 Å². The molecule has 2 aromatic carbocycles. The summed E-state index contributed by atoms with van der Waals surface area (Å²) in [5, 5.41) is 6.15. The Morgan fingerprint density at radius 3 is 2.52 bits per heavy atom. The van der Waals surface area contributed by atoms with Crippen molar-refractivity contribution in [1.29, 1.82) is 0 Å². The summed E-state index contributed by atoms with van der Waals surface area (Å²) in [5.41, 5.74) is 3.84. The monoisotopic (exact) mass is 364 g/mol. The van der Waals surface area contributed by atoms with Crippen molar-refractivity contribution in [3.63, 3.8) is 0 Å². The minimum atomic E-state index is -0.333. The number of hydrogen-bond donors (Lipinski definition) is 0. The molecule has 140 valence electrons. The molecule has 3 aromatic rings. The lowest BCUT2D eigenvalue weighted by Gasteiger charge is -2.19. The van der Waals surface area contributed by atoms with E-state index in [0.29, 0.717) is 19.1 Å². The van der Waals surface area contributed by atoms with E-state index in [-0.39, 0.29) is 12.5 Å². The topological polar surface area (TPSA) is 59.7 Å². The summed E-state index contributed by atoms with van der Waals surface area (Å²) in [4.78, 5) is 16.9. The van der Waals surface area contributed by atoms with Crippen molar-refractivity contribution in [3.05, 3.63) is 60.2 Å². The molecular weight excluding hydrogens is 340 g/mol. The quantitative estimate of drug-likeness (QED) is 0.363. The molecule has 27 heavy (non-hydrogen) atoms. The van der Waals surface area contributed by atoms with Gasteiger partial charge in [-0.15, -0.1) is 0 Å². The number of aromatic nitrogens is 2. The van der Waals surface area contributed by atoms with E-state index in [0.717, 1.165) is 22.3 Å². The molecule has 0 fully saturated rings. The van der Waals surface area contributed by atoms with E-state index in [4.69, 9.17) is 9.72 Å². The molecule has 0 atom stereocenters. The summed E-state index contributed by atoms with van der Waals surface area (Å²) >= 11 is 0. The van der Waals surface area contributed by atoms with Gasteiger partial charge in [-0.25, -0.2) is 9.99 Å². The van der Waals surface area contributed by atoms with Gasteiger partial charge in [0.25, 0.3) is 0 Å². The van der Waals surface area contributed by atoms with E-state index in [9.17, 15) is 4.79 Å². The van der Waals surface area contributed by atoms with Crippen molar-refractivity contribution in [2.45, 2.75) is 27.3 Å². The van der Waals surface area contributed by atoms with E-state index < -0.39 is 0 Å². The van der Waals surface area contributed by atoms with Crippen LogP contribution in [0.2, 0.25) is 0 Å². The highest BCUT2D eigenvalue weighted by atomic mass is 16.5. The van der Waals surface area contributed by atoms with Crippen LogP contribution in [0.1, 0.15) is 26.3 Å². The van der Waals surface area contributed by atoms with Gasteiger partial charge in [0, 0.05) is 5.71 Å². The molecule has 0 unspecified atom stereocenters. The average Bonchev–Trinajstić information content (AvgIpc) is 3.00. The smallest absolute Gasteiger partial charge is 0.327 e. The zero-order chi connectivity index (χ0) is 19.2. The minimum absolute atomic E-state index is 0.0110. The van der Waals surface area contributed by atoms with Crippen molar-refractivity contribution in [2.75, 3.05) is 18.2 Å². The molecule has 1 aromatic heterocycles. The van der Waals surface area contributed by atoms with Crippen LogP contribution in [-0.4, -0.2) is 34.4 Å². The molecule has 0 amide bonds. The van der Waals surface area contributed by atoms with Crippen molar-refractivity contribution in [1.82, 2.24) is 9.55 Å². The maximum Gasteiger partial charge on any atom is 0.327 e. The SMILES string of the molecule is CCOC(=O)CN(N=C(C)C)c1nc2ccccc2n1Cc1ccccc1. The second kappa shape index (κ2) is 8.49. The number of esters is 1. The van der Waals surface area contributed by atoms with Crippen LogP contribution in [0.4, 0.5) is 5.95 Å². The molecule has 6 nitrogen and oxygen atoms in total. The fourth-order valence-electron chi connectivity index (χ4n) is 2.90. The Labute approximate surface area is 159 Å². The first-order valence-electron chi connectivity index (χ1n) is 9.02. The van der Waals surface area contributed by atoms with Gasteiger partial charge >= 0.3 is 5.97 Å². The molecule has 0 bridgehead atoms. The Bertz CT molecular complexity index is 943. The highest BCUT2D eigenvalue weighted by Crippen LogP contribution is 2.24. The van der Waals surface area contributed by atoms with Crippen LogP contribution in [0.3, 0.4) is 0 Å². The van der Waals surface area contributed by atoms with Gasteiger partial charge in [-0.05, 0) is 38.5 Å². The van der Waals surface area contributed by atoms with Gasteiger partial charge in [0.05, 0.1) is 24.2 Å². The lowest BCUT2D eigenvalue weighted by atomic mass is 10.2. The largest absolute Gasteiger partial charge is 0.465 e. The Hall–Kier alpha value is -3.15. The van der Waals surface area contributed by atoms with E-state index >= 15 is 0 Å².